The molecule has 4 nitrogen and oxygen atoms in total. The van der Waals surface area contributed by atoms with Gasteiger partial charge in [0.25, 0.3) is 0 Å². The van der Waals surface area contributed by atoms with Crippen molar-refractivity contribution in [3.8, 4) is 0 Å². The molecule has 4 heteroatoms. The van der Waals surface area contributed by atoms with E-state index in [1.807, 2.05) is 0 Å². The number of likely N-dealkylation sites (tertiary alicyclic amines) is 1. The summed E-state index contributed by atoms with van der Waals surface area (Å²) in [6.45, 7) is 4.49. The highest BCUT2D eigenvalue weighted by Gasteiger charge is 2.50. The van der Waals surface area contributed by atoms with Gasteiger partial charge in [0.15, 0.2) is 0 Å². The third kappa shape index (κ3) is 2.28. The van der Waals surface area contributed by atoms with Gasteiger partial charge in [-0.15, -0.1) is 0 Å². The topological polar surface area (TPSA) is 52.6 Å². The normalized spacial score (nSPS) is 39.6. The first-order chi connectivity index (χ1) is 8.75. The van der Waals surface area contributed by atoms with E-state index < -0.39 is 5.97 Å². The van der Waals surface area contributed by atoms with Crippen LogP contribution in [-0.2, 0) is 4.79 Å². The average Bonchev–Trinajstić information content (AvgIpc) is 3.04. The van der Waals surface area contributed by atoms with Crippen LogP contribution in [0.15, 0.2) is 0 Å². The summed E-state index contributed by atoms with van der Waals surface area (Å²) in [4.78, 5) is 13.9. The lowest BCUT2D eigenvalue weighted by atomic mass is 9.84. The molecule has 0 aromatic rings. The number of carboxylic acids is 1. The molecule has 2 N–H and O–H groups in total. The fourth-order valence-corrected chi connectivity index (χ4v) is 4.34. The van der Waals surface area contributed by atoms with E-state index in [0.717, 1.165) is 25.9 Å². The number of hydrogen-bond acceptors (Lipinski definition) is 3. The molecule has 3 fully saturated rings. The maximum atomic E-state index is 11.4. The predicted molar refractivity (Wildman–Crippen MR) is 69.4 cm³/mol. The van der Waals surface area contributed by atoms with Crippen LogP contribution in [0.5, 0.6) is 0 Å². The summed E-state index contributed by atoms with van der Waals surface area (Å²) < 4.78 is 0. The summed E-state index contributed by atoms with van der Waals surface area (Å²) in [6, 6.07) is 0.240. The minimum Gasteiger partial charge on any atom is -0.481 e. The van der Waals surface area contributed by atoms with Crippen LogP contribution >= 0.6 is 0 Å². The lowest BCUT2D eigenvalue weighted by Crippen LogP contribution is -2.46. The fourth-order valence-electron chi connectivity index (χ4n) is 4.34. The zero-order valence-electron chi connectivity index (χ0n) is 11.0. The maximum Gasteiger partial charge on any atom is 0.308 e. The van der Waals surface area contributed by atoms with Gasteiger partial charge >= 0.3 is 5.97 Å². The summed E-state index contributed by atoms with van der Waals surface area (Å²) in [5.74, 6) is 0.356. The zero-order valence-corrected chi connectivity index (χ0v) is 11.0. The van der Waals surface area contributed by atoms with Gasteiger partial charge in [-0.1, -0.05) is 0 Å². The second kappa shape index (κ2) is 5.17. The van der Waals surface area contributed by atoms with Gasteiger partial charge in [0.05, 0.1) is 5.92 Å². The Morgan fingerprint density at radius 1 is 1.22 bits per heavy atom. The SMILES string of the molecule is O=C(O)C1C2CCC(C2)C1NCCN1CCCC1. The molecule has 0 amide bonds. The van der Waals surface area contributed by atoms with Crippen LogP contribution in [0.3, 0.4) is 0 Å². The van der Waals surface area contributed by atoms with E-state index in [1.165, 1.54) is 32.4 Å². The summed E-state index contributed by atoms with van der Waals surface area (Å²) in [5.41, 5.74) is 0. The Hall–Kier alpha value is -0.610. The van der Waals surface area contributed by atoms with Crippen molar-refractivity contribution in [3.05, 3.63) is 0 Å². The van der Waals surface area contributed by atoms with Crippen molar-refractivity contribution in [2.75, 3.05) is 26.2 Å². The molecule has 0 aromatic carbocycles. The van der Waals surface area contributed by atoms with Crippen molar-refractivity contribution in [2.45, 2.75) is 38.1 Å². The average molecular weight is 252 g/mol. The first kappa shape index (κ1) is 12.4. The second-order valence-electron chi connectivity index (χ2n) is 6.23. The van der Waals surface area contributed by atoms with Crippen molar-refractivity contribution in [1.29, 1.82) is 0 Å². The number of nitrogens with one attached hydrogen (secondary N) is 1. The molecule has 4 atom stereocenters. The molecule has 4 unspecified atom stereocenters. The van der Waals surface area contributed by atoms with E-state index in [2.05, 4.69) is 10.2 Å². The van der Waals surface area contributed by atoms with Gasteiger partial charge in [-0.05, 0) is 57.0 Å². The number of rotatable bonds is 5. The lowest BCUT2D eigenvalue weighted by Gasteiger charge is -2.29. The number of carboxylic acid groups (broad SMARTS) is 1. The molecule has 2 bridgehead atoms. The predicted octanol–water partition coefficient (Wildman–Crippen LogP) is 1.17. The Labute approximate surface area is 109 Å². The van der Waals surface area contributed by atoms with Crippen molar-refractivity contribution >= 4 is 5.97 Å². The molecule has 102 valence electrons. The number of aliphatic carboxylic acids is 1. The standard InChI is InChI=1S/C14H24N2O2/c17-14(18)12-10-3-4-11(9-10)13(12)15-5-8-16-6-1-2-7-16/h10-13,15H,1-9H2,(H,17,18). The third-order valence-corrected chi connectivity index (χ3v) is 5.21. The number of carbonyl (C=O) groups is 1. The van der Waals surface area contributed by atoms with Crippen molar-refractivity contribution in [1.82, 2.24) is 10.2 Å². The van der Waals surface area contributed by atoms with Gasteiger partial charge in [0, 0.05) is 19.1 Å². The molecule has 3 aliphatic rings. The zero-order chi connectivity index (χ0) is 12.5. The minimum atomic E-state index is -0.583. The second-order valence-corrected chi connectivity index (χ2v) is 6.23. The van der Waals surface area contributed by atoms with E-state index in [-0.39, 0.29) is 12.0 Å². The highest BCUT2D eigenvalue weighted by Crippen LogP contribution is 2.48. The monoisotopic (exact) mass is 252 g/mol. The Balaban J connectivity index is 1.50. The van der Waals surface area contributed by atoms with E-state index in [9.17, 15) is 9.90 Å². The Kier molecular flexibility index (Phi) is 3.57. The fraction of sp³-hybridized carbons (Fsp3) is 0.929. The largest absolute Gasteiger partial charge is 0.481 e. The summed E-state index contributed by atoms with van der Waals surface area (Å²) in [7, 11) is 0. The Morgan fingerprint density at radius 2 is 1.94 bits per heavy atom. The molecule has 0 radical (unpaired) electrons. The molecule has 3 rings (SSSR count). The first-order valence-corrected chi connectivity index (χ1v) is 7.44. The van der Waals surface area contributed by atoms with E-state index in [0.29, 0.717) is 11.8 Å². The number of hydrogen-bond donors (Lipinski definition) is 2. The molecule has 18 heavy (non-hydrogen) atoms. The smallest absolute Gasteiger partial charge is 0.308 e. The van der Waals surface area contributed by atoms with Crippen LogP contribution in [0.4, 0.5) is 0 Å². The van der Waals surface area contributed by atoms with Crippen LogP contribution in [0.1, 0.15) is 32.1 Å². The summed E-state index contributed by atoms with van der Waals surface area (Å²) >= 11 is 0. The first-order valence-electron chi connectivity index (χ1n) is 7.44. The van der Waals surface area contributed by atoms with Crippen LogP contribution in [0, 0.1) is 17.8 Å². The van der Waals surface area contributed by atoms with Crippen LogP contribution in [-0.4, -0.2) is 48.2 Å². The highest BCUT2D eigenvalue weighted by atomic mass is 16.4. The van der Waals surface area contributed by atoms with Gasteiger partial charge in [-0.2, -0.15) is 0 Å². The van der Waals surface area contributed by atoms with Gasteiger partial charge in [0.1, 0.15) is 0 Å². The maximum absolute atomic E-state index is 11.4. The minimum absolute atomic E-state index is 0.123. The number of nitrogens with zero attached hydrogens (tertiary/aromatic N) is 1. The molecule has 0 aromatic heterocycles. The molecule has 0 spiro atoms. The molecule has 2 aliphatic carbocycles. The molecule has 2 saturated carbocycles. The molecular formula is C14H24N2O2. The number of fused-ring (bicyclic) bond motifs is 2. The van der Waals surface area contributed by atoms with Gasteiger partial charge in [-0.3, -0.25) is 4.79 Å². The van der Waals surface area contributed by atoms with Gasteiger partial charge in [0.2, 0.25) is 0 Å². The lowest BCUT2D eigenvalue weighted by molar-refractivity contribution is -0.144. The van der Waals surface area contributed by atoms with Crippen molar-refractivity contribution < 1.29 is 9.90 Å². The molecular weight excluding hydrogens is 228 g/mol. The van der Waals surface area contributed by atoms with Gasteiger partial charge < -0.3 is 15.3 Å². The van der Waals surface area contributed by atoms with Crippen LogP contribution in [0.25, 0.3) is 0 Å². The van der Waals surface area contributed by atoms with E-state index >= 15 is 0 Å². The van der Waals surface area contributed by atoms with Gasteiger partial charge in [-0.25, -0.2) is 0 Å². The van der Waals surface area contributed by atoms with Crippen LogP contribution < -0.4 is 5.32 Å². The molecule has 1 aliphatic heterocycles. The quantitative estimate of drug-likeness (QED) is 0.771. The summed E-state index contributed by atoms with van der Waals surface area (Å²) in [5, 5.41) is 12.9. The van der Waals surface area contributed by atoms with Crippen molar-refractivity contribution in [3.63, 3.8) is 0 Å². The van der Waals surface area contributed by atoms with E-state index in [1.54, 1.807) is 0 Å². The highest BCUT2D eigenvalue weighted by molar-refractivity contribution is 5.72. The van der Waals surface area contributed by atoms with Crippen molar-refractivity contribution in [2.24, 2.45) is 17.8 Å². The van der Waals surface area contributed by atoms with E-state index in [4.69, 9.17) is 0 Å². The molecule has 1 saturated heterocycles. The molecule has 1 heterocycles. The van der Waals surface area contributed by atoms with Crippen LogP contribution in [0.2, 0.25) is 0 Å². The third-order valence-electron chi connectivity index (χ3n) is 5.21. The Morgan fingerprint density at radius 3 is 2.67 bits per heavy atom. The Bertz CT molecular complexity index is 315. The summed E-state index contributed by atoms with van der Waals surface area (Å²) in [6.07, 6.45) is 6.15.